The number of halogens is 1. The molecule has 0 saturated carbocycles. The van der Waals surface area contributed by atoms with E-state index in [0.29, 0.717) is 17.7 Å². The van der Waals surface area contributed by atoms with Gasteiger partial charge in [0.25, 0.3) is 0 Å². The van der Waals surface area contributed by atoms with Gasteiger partial charge in [-0.2, -0.15) is 4.80 Å². The van der Waals surface area contributed by atoms with Crippen molar-refractivity contribution in [1.82, 2.24) is 35.3 Å². The average molecular weight is 526 g/mol. The number of carbonyl (C=O) groups excluding carboxylic acids is 2. The molecule has 1 heterocycles. The molecule has 204 valence electrons. The molecule has 0 bridgehead atoms. The van der Waals surface area contributed by atoms with Crippen LogP contribution in [0.5, 0.6) is 5.75 Å². The van der Waals surface area contributed by atoms with Gasteiger partial charge in [0.15, 0.2) is 0 Å². The fourth-order valence-electron chi connectivity index (χ4n) is 3.99. The molecule has 2 N–H and O–H groups in total. The highest BCUT2D eigenvalue weighted by molar-refractivity contribution is 5.89. The zero-order valence-electron chi connectivity index (χ0n) is 22.6. The van der Waals surface area contributed by atoms with Gasteiger partial charge in [0.2, 0.25) is 17.6 Å². The molecule has 11 heteroatoms. The van der Waals surface area contributed by atoms with E-state index in [1.807, 2.05) is 34.6 Å². The third-order valence-corrected chi connectivity index (χ3v) is 5.97. The highest BCUT2D eigenvalue weighted by atomic mass is 19.1. The van der Waals surface area contributed by atoms with E-state index < -0.39 is 11.6 Å². The monoisotopic (exact) mass is 525 g/mol. The minimum Gasteiger partial charge on any atom is -0.508 e. The number of hydrogen-bond acceptors (Lipinski definition) is 7. The van der Waals surface area contributed by atoms with E-state index in [1.54, 1.807) is 12.1 Å². The van der Waals surface area contributed by atoms with Crippen LogP contribution in [0, 0.1) is 5.82 Å². The van der Waals surface area contributed by atoms with E-state index >= 15 is 0 Å². The molecule has 10 nitrogen and oxygen atoms in total. The molecule has 2 amide bonds. The van der Waals surface area contributed by atoms with Crippen LogP contribution < -0.4 is 5.32 Å². The van der Waals surface area contributed by atoms with Crippen LogP contribution in [0.2, 0.25) is 0 Å². The van der Waals surface area contributed by atoms with Gasteiger partial charge in [-0.3, -0.25) is 9.59 Å². The Kier molecular flexibility index (Phi) is 9.51. The molecule has 3 rings (SSSR count). The summed E-state index contributed by atoms with van der Waals surface area (Å²) in [5.74, 6) is -0.774. The summed E-state index contributed by atoms with van der Waals surface area (Å²) < 4.78 is 13.3. The Morgan fingerprint density at radius 1 is 1.03 bits per heavy atom. The number of nitrogens with one attached hydrogen (secondary N) is 1. The largest absolute Gasteiger partial charge is 0.508 e. The standard InChI is InChI=1S/C27H36FN7O3/c1-6-33(7-2)16-17-34(24(26(38)29-27(3,4)5)19-10-14-22(36)15-11-19)23(37)18-35-31-25(30-32-35)20-8-12-21(28)13-9-20/h8-15,24,36H,6-7,16-18H2,1-5H3,(H,29,38)/t24-/m1/s1. The highest BCUT2D eigenvalue weighted by Crippen LogP contribution is 2.25. The van der Waals surface area contributed by atoms with Gasteiger partial charge in [0.1, 0.15) is 24.2 Å². The van der Waals surface area contributed by atoms with Crippen molar-refractivity contribution in [2.45, 2.75) is 52.7 Å². The van der Waals surface area contributed by atoms with Crippen molar-refractivity contribution in [2.24, 2.45) is 0 Å². The average Bonchev–Trinajstić information content (AvgIpc) is 3.32. The van der Waals surface area contributed by atoms with Crippen molar-refractivity contribution in [1.29, 1.82) is 0 Å². The minimum absolute atomic E-state index is 0.0601. The third-order valence-electron chi connectivity index (χ3n) is 5.97. The number of hydrogen-bond donors (Lipinski definition) is 2. The van der Waals surface area contributed by atoms with Crippen molar-refractivity contribution in [3.63, 3.8) is 0 Å². The van der Waals surface area contributed by atoms with Crippen LogP contribution in [-0.2, 0) is 16.1 Å². The van der Waals surface area contributed by atoms with E-state index in [4.69, 9.17) is 0 Å². The summed E-state index contributed by atoms with van der Waals surface area (Å²) in [6.45, 7) is 11.9. The number of phenols is 1. The minimum atomic E-state index is -0.946. The molecule has 0 radical (unpaired) electrons. The number of aromatic hydroxyl groups is 1. The Bertz CT molecular complexity index is 1200. The number of rotatable bonds is 11. The van der Waals surface area contributed by atoms with Crippen LogP contribution in [0.4, 0.5) is 4.39 Å². The van der Waals surface area contributed by atoms with Crippen LogP contribution >= 0.6 is 0 Å². The molecule has 0 fully saturated rings. The molecule has 0 saturated heterocycles. The van der Waals surface area contributed by atoms with Crippen molar-refractivity contribution in [2.75, 3.05) is 26.2 Å². The van der Waals surface area contributed by atoms with Gasteiger partial charge in [0.05, 0.1) is 0 Å². The SMILES string of the molecule is CCN(CC)CCN(C(=O)Cn1nnc(-c2ccc(F)cc2)n1)[C@@H](C(=O)NC(C)(C)C)c1ccc(O)cc1. The second-order valence-electron chi connectivity index (χ2n) is 10.00. The zero-order chi connectivity index (χ0) is 27.9. The molecule has 0 aliphatic heterocycles. The van der Waals surface area contributed by atoms with Gasteiger partial charge in [-0.1, -0.05) is 26.0 Å². The van der Waals surface area contributed by atoms with E-state index in [1.165, 1.54) is 46.1 Å². The number of likely N-dealkylation sites (N-methyl/N-ethyl adjacent to an activating group) is 1. The van der Waals surface area contributed by atoms with Crippen LogP contribution in [0.25, 0.3) is 11.4 Å². The Balaban J connectivity index is 1.94. The van der Waals surface area contributed by atoms with Crippen LogP contribution in [0.3, 0.4) is 0 Å². The lowest BCUT2D eigenvalue weighted by Crippen LogP contribution is -2.51. The second-order valence-corrected chi connectivity index (χ2v) is 10.00. The normalized spacial score (nSPS) is 12.4. The highest BCUT2D eigenvalue weighted by Gasteiger charge is 2.33. The summed E-state index contributed by atoms with van der Waals surface area (Å²) in [6.07, 6.45) is 0. The smallest absolute Gasteiger partial charge is 0.247 e. The van der Waals surface area contributed by atoms with Crippen molar-refractivity contribution < 1.29 is 19.1 Å². The first-order valence-corrected chi connectivity index (χ1v) is 12.7. The van der Waals surface area contributed by atoms with Gasteiger partial charge in [-0.05, 0) is 81.0 Å². The van der Waals surface area contributed by atoms with Crippen molar-refractivity contribution >= 4 is 11.8 Å². The molecule has 3 aromatic rings. The summed E-state index contributed by atoms with van der Waals surface area (Å²) in [5, 5.41) is 25.1. The lowest BCUT2D eigenvalue weighted by molar-refractivity contribution is -0.142. The topological polar surface area (TPSA) is 116 Å². The molecular formula is C27H36FN7O3. The molecule has 1 aromatic heterocycles. The fourth-order valence-corrected chi connectivity index (χ4v) is 3.99. The predicted molar refractivity (Wildman–Crippen MR) is 141 cm³/mol. The summed E-state index contributed by atoms with van der Waals surface area (Å²) in [6, 6.07) is 11.0. The summed E-state index contributed by atoms with van der Waals surface area (Å²) in [4.78, 5) is 32.2. The van der Waals surface area contributed by atoms with E-state index in [2.05, 4.69) is 25.6 Å². The lowest BCUT2D eigenvalue weighted by atomic mass is 10.0. The Morgan fingerprint density at radius 2 is 1.66 bits per heavy atom. The summed E-state index contributed by atoms with van der Waals surface area (Å²) >= 11 is 0. The Morgan fingerprint density at radius 3 is 2.24 bits per heavy atom. The van der Waals surface area contributed by atoms with Crippen LogP contribution in [0.15, 0.2) is 48.5 Å². The summed E-state index contributed by atoms with van der Waals surface area (Å²) in [5.41, 5.74) is 0.600. The maximum Gasteiger partial charge on any atom is 0.247 e. The number of amides is 2. The first-order chi connectivity index (χ1) is 18.0. The number of carbonyl (C=O) groups is 2. The summed E-state index contributed by atoms with van der Waals surface area (Å²) in [7, 11) is 0. The number of phenolic OH excluding ortho intramolecular Hbond substituents is 1. The number of aromatic nitrogens is 4. The quantitative estimate of drug-likeness (QED) is 0.395. The van der Waals surface area contributed by atoms with Gasteiger partial charge in [0, 0.05) is 24.2 Å². The first kappa shape index (κ1) is 28.7. The number of tetrazole rings is 1. The molecule has 1 atom stereocenters. The number of benzene rings is 2. The van der Waals surface area contributed by atoms with Crippen molar-refractivity contribution in [3.05, 3.63) is 59.9 Å². The molecule has 0 aliphatic carbocycles. The van der Waals surface area contributed by atoms with Crippen LogP contribution in [-0.4, -0.2) is 78.6 Å². The second kappa shape index (κ2) is 12.6. The molecular weight excluding hydrogens is 489 g/mol. The van der Waals surface area contributed by atoms with Gasteiger partial charge in [-0.15, -0.1) is 10.2 Å². The fraction of sp³-hybridized carbons (Fsp3) is 0.444. The molecule has 0 unspecified atom stereocenters. The van der Waals surface area contributed by atoms with Gasteiger partial charge < -0.3 is 20.2 Å². The Labute approximate surface area is 222 Å². The van der Waals surface area contributed by atoms with Gasteiger partial charge >= 0.3 is 0 Å². The lowest BCUT2D eigenvalue weighted by Gasteiger charge is -2.35. The van der Waals surface area contributed by atoms with Gasteiger partial charge in [-0.25, -0.2) is 4.39 Å². The maximum absolute atomic E-state index is 13.7. The number of nitrogens with zero attached hydrogens (tertiary/aromatic N) is 6. The third kappa shape index (κ3) is 7.82. The zero-order valence-corrected chi connectivity index (χ0v) is 22.6. The predicted octanol–water partition coefficient (Wildman–Crippen LogP) is 3.01. The molecule has 2 aromatic carbocycles. The van der Waals surface area contributed by atoms with E-state index in [-0.39, 0.29) is 42.3 Å². The van der Waals surface area contributed by atoms with E-state index in [0.717, 1.165) is 13.1 Å². The van der Waals surface area contributed by atoms with E-state index in [9.17, 15) is 19.1 Å². The molecule has 0 aliphatic rings. The maximum atomic E-state index is 13.7. The van der Waals surface area contributed by atoms with Crippen LogP contribution in [0.1, 0.15) is 46.2 Å². The first-order valence-electron chi connectivity index (χ1n) is 12.7. The Hall–Kier alpha value is -3.86. The molecule has 0 spiro atoms. The van der Waals surface area contributed by atoms with Crippen molar-refractivity contribution in [3.8, 4) is 17.1 Å². The molecule has 38 heavy (non-hydrogen) atoms.